The summed E-state index contributed by atoms with van der Waals surface area (Å²) in [5.74, 6) is -0.587. The second-order valence-electron chi connectivity index (χ2n) is 4.80. The molecule has 2 aromatic carbocycles. The minimum Gasteiger partial charge on any atom is -0.427 e. The summed E-state index contributed by atoms with van der Waals surface area (Å²) in [6, 6.07) is 15.7. The second kappa shape index (κ2) is 8.26. The first-order valence-corrected chi connectivity index (χ1v) is 8.03. The van der Waals surface area contributed by atoms with Crippen molar-refractivity contribution in [3.63, 3.8) is 0 Å². The van der Waals surface area contributed by atoms with Crippen LogP contribution < -0.4 is 10.1 Å². The Labute approximate surface area is 153 Å². The maximum Gasteiger partial charge on any atom is 0.308 e. The number of nitrogens with one attached hydrogen (secondary N) is 1. The van der Waals surface area contributed by atoms with Gasteiger partial charge in [-0.15, -0.1) is 0 Å². The Balaban J connectivity index is 2.19. The van der Waals surface area contributed by atoms with Gasteiger partial charge in [0.05, 0.1) is 0 Å². The Morgan fingerprint density at radius 2 is 1.92 bits per heavy atom. The molecule has 0 unspecified atom stereocenters. The summed E-state index contributed by atoms with van der Waals surface area (Å²) in [5, 5.41) is 11.9. The average molecular weight is 432 g/mol. The maximum absolute atomic E-state index is 12.2. The summed E-state index contributed by atoms with van der Waals surface area (Å²) in [5.41, 5.74) is 1.15. The molecule has 2 rings (SSSR count). The lowest BCUT2D eigenvalue weighted by molar-refractivity contribution is -0.131. The van der Waals surface area contributed by atoms with E-state index in [0.29, 0.717) is 17.0 Å². The summed E-state index contributed by atoms with van der Waals surface area (Å²) < 4.78 is 6.03. The molecule has 0 fully saturated rings. The lowest BCUT2D eigenvalue weighted by Crippen LogP contribution is -2.13. The van der Waals surface area contributed by atoms with Gasteiger partial charge in [0.15, 0.2) is 0 Å². The number of hydrogen-bond acceptors (Lipinski definition) is 4. The predicted molar refractivity (Wildman–Crippen MR) is 99.1 cm³/mol. The molecule has 0 aromatic heterocycles. The van der Waals surface area contributed by atoms with Crippen molar-refractivity contribution in [1.29, 1.82) is 5.26 Å². The molecule has 0 aliphatic heterocycles. The van der Waals surface area contributed by atoms with Crippen molar-refractivity contribution in [3.05, 3.63) is 63.2 Å². The number of ether oxygens (including phenoxy) is 1. The van der Waals surface area contributed by atoms with E-state index in [1.165, 1.54) is 13.0 Å². The van der Waals surface area contributed by atoms with E-state index in [2.05, 4.69) is 27.9 Å². The van der Waals surface area contributed by atoms with Crippen LogP contribution in [0.15, 0.2) is 54.1 Å². The summed E-state index contributed by atoms with van der Waals surface area (Å²) >= 11 is 2.16. The third kappa shape index (κ3) is 5.21. The molecule has 2 aromatic rings. The first-order valence-electron chi connectivity index (χ1n) is 6.95. The number of carbonyl (C=O) groups is 2. The Kier molecular flexibility index (Phi) is 6.09. The number of esters is 1. The van der Waals surface area contributed by atoms with Gasteiger partial charge in [0, 0.05) is 16.2 Å². The van der Waals surface area contributed by atoms with Gasteiger partial charge in [-0.3, -0.25) is 9.59 Å². The molecule has 0 radical (unpaired) electrons. The fourth-order valence-electron chi connectivity index (χ4n) is 1.88. The first-order chi connectivity index (χ1) is 11.5. The largest absolute Gasteiger partial charge is 0.427 e. The molecule has 1 amide bonds. The SMILES string of the molecule is CC(=O)Oc1cccc(/C=C(/C#N)C(=O)Nc2ccc(I)cc2)c1. The van der Waals surface area contributed by atoms with Gasteiger partial charge in [-0.2, -0.15) is 5.26 Å². The van der Waals surface area contributed by atoms with Crippen LogP contribution in [0, 0.1) is 14.9 Å². The van der Waals surface area contributed by atoms with Gasteiger partial charge in [0.25, 0.3) is 5.91 Å². The summed E-state index contributed by atoms with van der Waals surface area (Å²) in [4.78, 5) is 23.2. The normalized spacial score (nSPS) is 10.6. The number of anilines is 1. The van der Waals surface area contributed by atoms with E-state index in [0.717, 1.165) is 3.57 Å². The van der Waals surface area contributed by atoms with Crippen molar-refractivity contribution in [2.45, 2.75) is 6.92 Å². The Morgan fingerprint density at radius 1 is 1.21 bits per heavy atom. The number of amides is 1. The number of hydrogen-bond donors (Lipinski definition) is 1. The Hall–Kier alpha value is -2.66. The van der Waals surface area contributed by atoms with Gasteiger partial charge in [0.1, 0.15) is 17.4 Å². The lowest BCUT2D eigenvalue weighted by Gasteiger charge is -2.05. The molecular weight excluding hydrogens is 419 g/mol. The number of halogens is 1. The van der Waals surface area contributed by atoms with Crippen LogP contribution in [0.4, 0.5) is 5.69 Å². The van der Waals surface area contributed by atoms with E-state index in [-0.39, 0.29) is 5.57 Å². The first kappa shape index (κ1) is 17.7. The molecule has 0 spiro atoms. The van der Waals surface area contributed by atoms with Gasteiger partial charge in [-0.25, -0.2) is 0 Å². The smallest absolute Gasteiger partial charge is 0.308 e. The molecule has 6 heteroatoms. The molecule has 5 nitrogen and oxygen atoms in total. The molecule has 0 bridgehead atoms. The quantitative estimate of drug-likeness (QED) is 0.262. The summed E-state index contributed by atoms with van der Waals surface area (Å²) in [6.07, 6.45) is 1.44. The predicted octanol–water partition coefficient (Wildman–Crippen LogP) is 3.76. The van der Waals surface area contributed by atoms with E-state index in [4.69, 9.17) is 4.74 Å². The van der Waals surface area contributed by atoms with Gasteiger partial charge in [-0.05, 0) is 70.6 Å². The van der Waals surface area contributed by atoms with Crippen LogP contribution in [0.3, 0.4) is 0 Å². The Bertz CT molecular complexity index is 836. The highest BCUT2D eigenvalue weighted by Gasteiger charge is 2.10. The monoisotopic (exact) mass is 432 g/mol. The molecular formula is C18H13IN2O3. The number of nitriles is 1. The zero-order valence-corrected chi connectivity index (χ0v) is 14.9. The molecule has 0 atom stereocenters. The fraction of sp³-hybridized carbons (Fsp3) is 0.0556. The minimum absolute atomic E-state index is 0.0477. The van der Waals surface area contributed by atoms with Crippen LogP contribution in [0.1, 0.15) is 12.5 Å². The highest BCUT2D eigenvalue weighted by atomic mass is 127. The number of rotatable bonds is 4. The molecule has 1 N–H and O–H groups in total. The van der Waals surface area contributed by atoms with E-state index in [1.807, 2.05) is 18.2 Å². The van der Waals surface area contributed by atoms with E-state index in [9.17, 15) is 14.9 Å². The van der Waals surface area contributed by atoms with Crippen molar-refractivity contribution in [2.75, 3.05) is 5.32 Å². The molecule has 0 saturated heterocycles. The van der Waals surface area contributed by atoms with E-state index in [1.54, 1.807) is 36.4 Å². The highest BCUT2D eigenvalue weighted by molar-refractivity contribution is 14.1. The molecule has 0 saturated carbocycles. The van der Waals surface area contributed by atoms with Crippen LogP contribution in [-0.4, -0.2) is 11.9 Å². The second-order valence-corrected chi connectivity index (χ2v) is 6.04. The van der Waals surface area contributed by atoms with Gasteiger partial charge < -0.3 is 10.1 Å². The number of nitrogens with zero attached hydrogens (tertiary/aromatic N) is 1. The topological polar surface area (TPSA) is 79.2 Å². The van der Waals surface area contributed by atoms with Crippen molar-refractivity contribution in [2.24, 2.45) is 0 Å². The molecule has 0 heterocycles. The van der Waals surface area contributed by atoms with E-state index >= 15 is 0 Å². The van der Waals surface area contributed by atoms with Crippen LogP contribution in [0.25, 0.3) is 6.08 Å². The third-order valence-electron chi connectivity index (χ3n) is 2.90. The average Bonchev–Trinajstić information content (AvgIpc) is 2.54. The summed E-state index contributed by atoms with van der Waals surface area (Å²) in [7, 11) is 0. The maximum atomic E-state index is 12.2. The third-order valence-corrected chi connectivity index (χ3v) is 3.62. The fourth-order valence-corrected chi connectivity index (χ4v) is 2.24. The van der Waals surface area contributed by atoms with Crippen molar-refractivity contribution in [1.82, 2.24) is 0 Å². The summed E-state index contributed by atoms with van der Waals surface area (Å²) in [6.45, 7) is 1.30. The minimum atomic E-state index is -0.503. The molecule has 24 heavy (non-hydrogen) atoms. The zero-order valence-electron chi connectivity index (χ0n) is 12.7. The van der Waals surface area contributed by atoms with Crippen LogP contribution in [0.2, 0.25) is 0 Å². The van der Waals surface area contributed by atoms with Crippen molar-refractivity contribution >= 4 is 46.2 Å². The van der Waals surface area contributed by atoms with Crippen molar-refractivity contribution in [3.8, 4) is 11.8 Å². The van der Waals surface area contributed by atoms with E-state index < -0.39 is 11.9 Å². The van der Waals surface area contributed by atoms with Gasteiger partial charge >= 0.3 is 5.97 Å². The lowest BCUT2D eigenvalue weighted by atomic mass is 10.1. The van der Waals surface area contributed by atoms with Gasteiger partial charge in [-0.1, -0.05) is 12.1 Å². The van der Waals surface area contributed by atoms with Crippen molar-refractivity contribution < 1.29 is 14.3 Å². The van der Waals surface area contributed by atoms with Crippen LogP contribution in [0.5, 0.6) is 5.75 Å². The molecule has 0 aliphatic carbocycles. The molecule has 120 valence electrons. The Morgan fingerprint density at radius 3 is 2.54 bits per heavy atom. The zero-order chi connectivity index (χ0) is 17.5. The highest BCUT2D eigenvalue weighted by Crippen LogP contribution is 2.17. The van der Waals surface area contributed by atoms with Crippen LogP contribution >= 0.6 is 22.6 Å². The van der Waals surface area contributed by atoms with Gasteiger partial charge in [0.2, 0.25) is 0 Å². The van der Waals surface area contributed by atoms with Crippen LogP contribution in [-0.2, 0) is 9.59 Å². The molecule has 0 aliphatic rings. The standard InChI is InChI=1S/C18H13IN2O3/c1-12(22)24-17-4-2-3-13(10-17)9-14(11-20)18(23)21-16-7-5-15(19)6-8-16/h2-10H,1H3,(H,21,23)/b14-9-. The number of benzene rings is 2. The number of carbonyl (C=O) groups excluding carboxylic acids is 2.